The van der Waals surface area contributed by atoms with E-state index in [2.05, 4.69) is 29.4 Å². The molecule has 1 aliphatic carbocycles. The third-order valence-corrected chi connectivity index (χ3v) is 3.88. The van der Waals surface area contributed by atoms with E-state index in [9.17, 15) is 0 Å². The van der Waals surface area contributed by atoms with E-state index in [1.807, 2.05) is 12.3 Å². The first-order valence-electron chi connectivity index (χ1n) is 6.51. The maximum atomic E-state index is 3.97. The van der Waals surface area contributed by atoms with Gasteiger partial charge in [0.25, 0.3) is 0 Å². The Hall–Kier alpha value is -0.830. The molecule has 3 atom stereocenters. The quantitative estimate of drug-likeness (QED) is 0.820. The summed E-state index contributed by atoms with van der Waals surface area (Å²) in [5.74, 6) is 1.77. The van der Waals surface area contributed by atoms with Gasteiger partial charge < -0.3 is 5.32 Å². The first-order chi connectivity index (χ1) is 7.79. The summed E-state index contributed by atoms with van der Waals surface area (Å²) in [7, 11) is 0. The summed E-state index contributed by atoms with van der Waals surface area (Å²) in [4.78, 5) is 0. The van der Waals surface area contributed by atoms with Crippen molar-refractivity contribution in [3.8, 4) is 0 Å². The Morgan fingerprint density at radius 3 is 3.06 bits per heavy atom. The molecule has 3 nitrogen and oxygen atoms in total. The van der Waals surface area contributed by atoms with Crippen LogP contribution in [-0.4, -0.2) is 16.2 Å². The number of nitrogens with one attached hydrogen (secondary N) is 2. The molecule has 0 saturated heterocycles. The zero-order valence-corrected chi connectivity index (χ0v) is 10.4. The van der Waals surface area contributed by atoms with E-state index in [0.717, 1.165) is 18.4 Å². The van der Waals surface area contributed by atoms with E-state index in [1.54, 1.807) is 0 Å². The lowest BCUT2D eigenvalue weighted by Crippen LogP contribution is -2.39. The Kier molecular flexibility index (Phi) is 3.99. The summed E-state index contributed by atoms with van der Waals surface area (Å²) in [6, 6.07) is 2.74. The standard InChI is InChI=1S/C13H23N3/c1-3-11-8-10(2)4-5-13(11)14-9-12-6-7-15-16-12/h6-7,10-11,13-14H,3-5,8-9H2,1-2H3,(H,15,16). The first kappa shape index (κ1) is 11.6. The van der Waals surface area contributed by atoms with Gasteiger partial charge >= 0.3 is 0 Å². The van der Waals surface area contributed by atoms with Crippen LogP contribution in [-0.2, 0) is 6.54 Å². The van der Waals surface area contributed by atoms with E-state index in [4.69, 9.17) is 0 Å². The van der Waals surface area contributed by atoms with Crippen molar-refractivity contribution in [2.24, 2.45) is 11.8 Å². The fraction of sp³-hybridized carbons (Fsp3) is 0.769. The molecular weight excluding hydrogens is 198 g/mol. The predicted octanol–water partition coefficient (Wildman–Crippen LogP) is 2.71. The second-order valence-electron chi connectivity index (χ2n) is 5.16. The van der Waals surface area contributed by atoms with Gasteiger partial charge in [-0.15, -0.1) is 0 Å². The number of hydrogen-bond acceptors (Lipinski definition) is 2. The number of aromatic amines is 1. The van der Waals surface area contributed by atoms with E-state index in [1.165, 1.54) is 31.4 Å². The highest BCUT2D eigenvalue weighted by Crippen LogP contribution is 2.31. The van der Waals surface area contributed by atoms with Crippen LogP contribution >= 0.6 is 0 Å². The fourth-order valence-corrected chi connectivity index (χ4v) is 2.84. The van der Waals surface area contributed by atoms with Crippen molar-refractivity contribution in [1.29, 1.82) is 0 Å². The van der Waals surface area contributed by atoms with Gasteiger partial charge in [-0.25, -0.2) is 0 Å². The lowest BCUT2D eigenvalue weighted by Gasteiger charge is -2.35. The number of aromatic nitrogens is 2. The van der Waals surface area contributed by atoms with E-state index >= 15 is 0 Å². The molecule has 1 fully saturated rings. The van der Waals surface area contributed by atoms with Crippen LogP contribution in [0.1, 0.15) is 45.2 Å². The highest BCUT2D eigenvalue weighted by Gasteiger charge is 2.26. The van der Waals surface area contributed by atoms with Crippen molar-refractivity contribution < 1.29 is 0 Å². The first-order valence-corrected chi connectivity index (χ1v) is 6.51. The van der Waals surface area contributed by atoms with Crippen LogP contribution < -0.4 is 5.32 Å². The molecule has 0 bridgehead atoms. The number of H-pyrrole nitrogens is 1. The predicted molar refractivity (Wildman–Crippen MR) is 66.0 cm³/mol. The van der Waals surface area contributed by atoms with E-state index in [0.29, 0.717) is 6.04 Å². The van der Waals surface area contributed by atoms with Gasteiger partial charge in [-0.05, 0) is 37.2 Å². The van der Waals surface area contributed by atoms with Gasteiger partial charge in [-0.3, -0.25) is 5.10 Å². The third-order valence-electron chi connectivity index (χ3n) is 3.88. The molecule has 2 N–H and O–H groups in total. The lowest BCUT2D eigenvalue weighted by molar-refractivity contribution is 0.206. The van der Waals surface area contributed by atoms with Gasteiger partial charge in [0, 0.05) is 24.5 Å². The van der Waals surface area contributed by atoms with E-state index in [-0.39, 0.29) is 0 Å². The summed E-state index contributed by atoms with van der Waals surface area (Å²) >= 11 is 0. The molecule has 1 aliphatic rings. The van der Waals surface area contributed by atoms with Crippen molar-refractivity contribution >= 4 is 0 Å². The monoisotopic (exact) mass is 221 g/mol. The molecule has 3 unspecified atom stereocenters. The molecule has 0 aliphatic heterocycles. The third kappa shape index (κ3) is 2.85. The summed E-state index contributed by atoms with van der Waals surface area (Å²) in [5, 5.41) is 10.7. The van der Waals surface area contributed by atoms with Gasteiger partial charge in [0.1, 0.15) is 0 Å². The molecule has 1 heterocycles. The minimum absolute atomic E-state index is 0.699. The molecule has 3 heteroatoms. The molecule has 0 radical (unpaired) electrons. The smallest absolute Gasteiger partial charge is 0.0490 e. The van der Waals surface area contributed by atoms with Crippen LogP contribution in [0, 0.1) is 11.8 Å². The zero-order chi connectivity index (χ0) is 11.4. The highest BCUT2D eigenvalue weighted by molar-refractivity contribution is 4.97. The Morgan fingerprint density at radius 1 is 1.50 bits per heavy atom. The largest absolute Gasteiger partial charge is 0.308 e. The van der Waals surface area contributed by atoms with Crippen LogP contribution in [0.25, 0.3) is 0 Å². The van der Waals surface area contributed by atoms with Gasteiger partial charge in [-0.1, -0.05) is 20.3 Å². The SMILES string of the molecule is CCC1CC(C)CCC1NCc1ccn[nH]1. The van der Waals surface area contributed by atoms with Crippen LogP contribution in [0.4, 0.5) is 0 Å². The summed E-state index contributed by atoms with van der Waals surface area (Å²) in [6.07, 6.45) is 7.20. The minimum Gasteiger partial charge on any atom is -0.308 e. The Labute approximate surface area is 98.0 Å². The Morgan fingerprint density at radius 2 is 2.38 bits per heavy atom. The van der Waals surface area contributed by atoms with Crippen molar-refractivity contribution in [2.75, 3.05) is 0 Å². The van der Waals surface area contributed by atoms with Gasteiger partial charge in [-0.2, -0.15) is 5.10 Å². The van der Waals surface area contributed by atoms with Crippen LogP contribution in [0.15, 0.2) is 12.3 Å². The van der Waals surface area contributed by atoms with Crippen molar-refractivity contribution in [1.82, 2.24) is 15.5 Å². The normalized spacial score (nSPS) is 30.5. The van der Waals surface area contributed by atoms with Gasteiger partial charge in [0.15, 0.2) is 0 Å². The number of rotatable bonds is 4. The van der Waals surface area contributed by atoms with Crippen molar-refractivity contribution in [3.05, 3.63) is 18.0 Å². The van der Waals surface area contributed by atoms with Crippen LogP contribution in [0.5, 0.6) is 0 Å². The average molecular weight is 221 g/mol. The fourth-order valence-electron chi connectivity index (χ4n) is 2.84. The summed E-state index contributed by atoms with van der Waals surface area (Å²) < 4.78 is 0. The topological polar surface area (TPSA) is 40.7 Å². The van der Waals surface area contributed by atoms with Crippen LogP contribution in [0.3, 0.4) is 0 Å². The van der Waals surface area contributed by atoms with Gasteiger partial charge in [0.05, 0.1) is 0 Å². The second kappa shape index (κ2) is 5.48. The van der Waals surface area contributed by atoms with E-state index < -0.39 is 0 Å². The molecule has 90 valence electrons. The Bertz CT molecular complexity index is 294. The van der Waals surface area contributed by atoms with Gasteiger partial charge in [0.2, 0.25) is 0 Å². The molecule has 1 saturated carbocycles. The van der Waals surface area contributed by atoms with Crippen molar-refractivity contribution in [2.45, 2.75) is 52.1 Å². The maximum Gasteiger partial charge on any atom is 0.0490 e. The average Bonchev–Trinajstić information content (AvgIpc) is 2.80. The molecule has 1 aromatic heterocycles. The molecule has 16 heavy (non-hydrogen) atoms. The number of hydrogen-bond donors (Lipinski definition) is 2. The second-order valence-corrected chi connectivity index (χ2v) is 5.16. The maximum absolute atomic E-state index is 3.97. The zero-order valence-electron chi connectivity index (χ0n) is 10.4. The molecule has 0 aromatic carbocycles. The highest BCUT2D eigenvalue weighted by atomic mass is 15.1. The molecule has 0 amide bonds. The molecule has 2 rings (SSSR count). The molecule has 0 spiro atoms. The number of nitrogens with zero attached hydrogens (tertiary/aromatic N) is 1. The minimum atomic E-state index is 0.699. The lowest BCUT2D eigenvalue weighted by atomic mass is 9.77. The summed E-state index contributed by atoms with van der Waals surface area (Å²) in [6.45, 7) is 5.62. The molecular formula is C13H23N3. The summed E-state index contributed by atoms with van der Waals surface area (Å²) in [5.41, 5.74) is 1.19. The Balaban J connectivity index is 1.83. The van der Waals surface area contributed by atoms with Crippen LogP contribution in [0.2, 0.25) is 0 Å². The van der Waals surface area contributed by atoms with Crippen molar-refractivity contribution in [3.63, 3.8) is 0 Å². The molecule has 1 aromatic rings.